The van der Waals surface area contributed by atoms with Gasteiger partial charge in [-0.2, -0.15) is 0 Å². The quantitative estimate of drug-likeness (QED) is 0.567. The lowest BCUT2D eigenvalue weighted by atomic mass is 10.0. The third-order valence-corrected chi connectivity index (χ3v) is 1.35. The summed E-state index contributed by atoms with van der Waals surface area (Å²) in [6.45, 7) is 5.41. The maximum atomic E-state index is 10.2. The fraction of sp³-hybridized carbons (Fsp3) is 0.571. The minimum atomic E-state index is -0.950. The molecule has 0 bridgehead atoms. The number of aliphatic carboxylic acids is 1. The van der Waals surface area contributed by atoms with Gasteiger partial charge in [-0.1, -0.05) is 13.0 Å². The van der Waals surface area contributed by atoms with Crippen molar-refractivity contribution in [1.82, 2.24) is 0 Å². The summed E-state index contributed by atoms with van der Waals surface area (Å²) in [5.41, 5.74) is 5.25. The second-order valence-electron chi connectivity index (χ2n) is 2.39. The first-order chi connectivity index (χ1) is 4.57. The van der Waals surface area contributed by atoms with Crippen molar-refractivity contribution in [3.8, 4) is 0 Å². The number of hydrogen-bond donors (Lipinski definition) is 2. The summed E-state index contributed by atoms with van der Waals surface area (Å²) >= 11 is 0. The Hall–Kier alpha value is -0.830. The largest absolute Gasteiger partial charge is 0.480 e. The standard InChI is InChI=1S/C7H13NO2/c1-3-5(2)4-6(8)7(9)10/h3,5-6H,1,4,8H2,2H3,(H,9,10)/t5-,6+/m0/s1. The zero-order valence-corrected chi connectivity index (χ0v) is 6.08. The summed E-state index contributed by atoms with van der Waals surface area (Å²) in [6, 6.07) is -0.756. The van der Waals surface area contributed by atoms with E-state index < -0.39 is 12.0 Å². The maximum absolute atomic E-state index is 10.2. The molecule has 3 nitrogen and oxygen atoms in total. The van der Waals surface area contributed by atoms with Crippen molar-refractivity contribution in [2.75, 3.05) is 0 Å². The number of carboxylic acid groups (broad SMARTS) is 1. The van der Waals surface area contributed by atoms with Gasteiger partial charge in [0.05, 0.1) is 0 Å². The van der Waals surface area contributed by atoms with Gasteiger partial charge in [-0.05, 0) is 12.3 Å². The molecule has 3 N–H and O–H groups in total. The van der Waals surface area contributed by atoms with E-state index in [1.54, 1.807) is 6.08 Å². The van der Waals surface area contributed by atoms with Gasteiger partial charge in [0.2, 0.25) is 0 Å². The molecule has 0 aromatic heterocycles. The molecule has 0 heterocycles. The highest BCUT2D eigenvalue weighted by Crippen LogP contribution is 2.04. The second kappa shape index (κ2) is 4.06. The molecule has 0 spiro atoms. The highest BCUT2D eigenvalue weighted by Gasteiger charge is 2.12. The van der Waals surface area contributed by atoms with Gasteiger partial charge in [-0.25, -0.2) is 0 Å². The van der Waals surface area contributed by atoms with Crippen molar-refractivity contribution in [1.29, 1.82) is 0 Å². The van der Waals surface area contributed by atoms with Crippen LogP contribution >= 0.6 is 0 Å². The predicted molar refractivity (Wildman–Crippen MR) is 39.6 cm³/mol. The molecule has 0 aromatic rings. The Bertz CT molecular complexity index is 134. The van der Waals surface area contributed by atoms with E-state index in [0.29, 0.717) is 6.42 Å². The molecule has 3 heteroatoms. The third kappa shape index (κ3) is 3.25. The average Bonchev–Trinajstić information content (AvgIpc) is 1.87. The first-order valence-electron chi connectivity index (χ1n) is 3.19. The molecule has 2 atom stereocenters. The zero-order valence-electron chi connectivity index (χ0n) is 6.08. The van der Waals surface area contributed by atoms with Crippen LogP contribution in [-0.4, -0.2) is 17.1 Å². The number of allylic oxidation sites excluding steroid dienone is 1. The molecular weight excluding hydrogens is 130 g/mol. The molecule has 0 unspecified atom stereocenters. The normalized spacial score (nSPS) is 15.8. The van der Waals surface area contributed by atoms with Crippen LogP contribution in [0.1, 0.15) is 13.3 Å². The Morgan fingerprint density at radius 3 is 2.70 bits per heavy atom. The molecule has 58 valence electrons. The second-order valence-corrected chi connectivity index (χ2v) is 2.39. The van der Waals surface area contributed by atoms with Gasteiger partial charge in [-0.15, -0.1) is 6.58 Å². The van der Waals surface area contributed by atoms with E-state index in [0.717, 1.165) is 0 Å². The Morgan fingerprint density at radius 1 is 1.90 bits per heavy atom. The van der Waals surface area contributed by atoms with Gasteiger partial charge < -0.3 is 10.8 Å². The van der Waals surface area contributed by atoms with E-state index >= 15 is 0 Å². The summed E-state index contributed by atoms with van der Waals surface area (Å²) in [5.74, 6) is -0.778. The number of nitrogens with two attached hydrogens (primary N) is 1. The number of rotatable bonds is 4. The number of hydrogen-bond acceptors (Lipinski definition) is 2. The molecule has 0 rings (SSSR count). The van der Waals surface area contributed by atoms with Gasteiger partial charge >= 0.3 is 5.97 Å². The molecule has 0 saturated heterocycles. The van der Waals surface area contributed by atoms with Crippen LogP contribution in [0.4, 0.5) is 0 Å². The molecule has 0 radical (unpaired) electrons. The van der Waals surface area contributed by atoms with Gasteiger partial charge in [0.1, 0.15) is 6.04 Å². The van der Waals surface area contributed by atoms with Gasteiger partial charge in [0, 0.05) is 0 Å². The fourth-order valence-electron chi connectivity index (χ4n) is 0.598. The molecule has 0 aliphatic heterocycles. The monoisotopic (exact) mass is 143 g/mol. The average molecular weight is 143 g/mol. The van der Waals surface area contributed by atoms with Crippen LogP contribution in [0.25, 0.3) is 0 Å². The zero-order chi connectivity index (χ0) is 8.15. The van der Waals surface area contributed by atoms with Crippen molar-refractivity contribution < 1.29 is 9.90 Å². The van der Waals surface area contributed by atoms with Crippen LogP contribution in [0.2, 0.25) is 0 Å². The molecule has 0 aliphatic carbocycles. The summed E-state index contributed by atoms with van der Waals surface area (Å²) in [7, 11) is 0. The van der Waals surface area contributed by atoms with Gasteiger partial charge in [0.25, 0.3) is 0 Å². The Morgan fingerprint density at radius 2 is 2.40 bits per heavy atom. The lowest BCUT2D eigenvalue weighted by molar-refractivity contribution is -0.138. The van der Waals surface area contributed by atoms with Crippen LogP contribution in [0.15, 0.2) is 12.7 Å². The lowest BCUT2D eigenvalue weighted by Crippen LogP contribution is -2.31. The highest BCUT2D eigenvalue weighted by molar-refractivity contribution is 5.73. The van der Waals surface area contributed by atoms with E-state index in [2.05, 4.69) is 6.58 Å². The molecular formula is C7H13NO2. The fourth-order valence-corrected chi connectivity index (χ4v) is 0.598. The predicted octanol–water partition coefficient (Wildman–Crippen LogP) is 0.611. The molecule has 0 aromatic carbocycles. The summed E-state index contributed by atoms with van der Waals surface area (Å²) in [4.78, 5) is 10.2. The first kappa shape index (κ1) is 9.17. The topological polar surface area (TPSA) is 63.3 Å². The first-order valence-corrected chi connectivity index (χ1v) is 3.19. The summed E-state index contributed by atoms with van der Waals surface area (Å²) in [5, 5.41) is 8.37. The molecule has 0 saturated carbocycles. The number of carboxylic acids is 1. The van der Waals surface area contributed by atoms with Crippen molar-refractivity contribution in [2.24, 2.45) is 11.7 Å². The highest BCUT2D eigenvalue weighted by atomic mass is 16.4. The van der Waals surface area contributed by atoms with Gasteiger partial charge in [-0.3, -0.25) is 4.79 Å². The Balaban J connectivity index is 3.67. The van der Waals surface area contributed by atoms with E-state index in [1.807, 2.05) is 6.92 Å². The van der Waals surface area contributed by atoms with Crippen molar-refractivity contribution >= 4 is 5.97 Å². The van der Waals surface area contributed by atoms with E-state index in [1.165, 1.54) is 0 Å². The van der Waals surface area contributed by atoms with E-state index in [9.17, 15) is 4.79 Å². The van der Waals surface area contributed by atoms with Gasteiger partial charge in [0.15, 0.2) is 0 Å². The van der Waals surface area contributed by atoms with Crippen LogP contribution < -0.4 is 5.73 Å². The Labute approximate surface area is 60.5 Å². The Kier molecular flexibility index (Phi) is 3.72. The molecule has 0 amide bonds. The van der Waals surface area contributed by atoms with Crippen molar-refractivity contribution in [2.45, 2.75) is 19.4 Å². The minimum absolute atomic E-state index is 0.172. The molecule has 10 heavy (non-hydrogen) atoms. The smallest absolute Gasteiger partial charge is 0.320 e. The molecule has 0 aliphatic rings. The summed E-state index contributed by atoms with van der Waals surface area (Å²) < 4.78 is 0. The maximum Gasteiger partial charge on any atom is 0.320 e. The van der Waals surface area contributed by atoms with E-state index in [4.69, 9.17) is 10.8 Å². The number of carbonyl (C=O) groups is 1. The molecule has 0 fully saturated rings. The SMILES string of the molecule is C=C[C@H](C)C[C@@H](N)C(=O)O. The van der Waals surface area contributed by atoms with Crippen molar-refractivity contribution in [3.63, 3.8) is 0 Å². The lowest BCUT2D eigenvalue weighted by Gasteiger charge is -2.08. The van der Waals surface area contributed by atoms with Crippen LogP contribution in [-0.2, 0) is 4.79 Å². The van der Waals surface area contributed by atoms with Crippen molar-refractivity contribution in [3.05, 3.63) is 12.7 Å². The van der Waals surface area contributed by atoms with Crippen LogP contribution in [0.3, 0.4) is 0 Å². The van der Waals surface area contributed by atoms with E-state index in [-0.39, 0.29) is 5.92 Å². The van der Waals surface area contributed by atoms with Crippen LogP contribution in [0.5, 0.6) is 0 Å². The minimum Gasteiger partial charge on any atom is -0.480 e. The third-order valence-electron chi connectivity index (χ3n) is 1.35. The van der Waals surface area contributed by atoms with Crippen LogP contribution in [0, 0.1) is 5.92 Å². The summed E-state index contributed by atoms with van der Waals surface area (Å²) in [6.07, 6.45) is 2.15.